The molecule has 0 saturated heterocycles. The van der Waals surface area contributed by atoms with E-state index in [0.29, 0.717) is 18.1 Å². The number of carbonyl (C=O) groups is 1. The summed E-state index contributed by atoms with van der Waals surface area (Å²) < 4.78 is 5.50. The van der Waals surface area contributed by atoms with Crippen LogP contribution in [0.3, 0.4) is 0 Å². The third-order valence-electron chi connectivity index (χ3n) is 3.23. The fourth-order valence-corrected chi connectivity index (χ4v) is 2.21. The summed E-state index contributed by atoms with van der Waals surface area (Å²) in [5.41, 5.74) is 0.504. The second-order valence-corrected chi connectivity index (χ2v) is 6.11. The van der Waals surface area contributed by atoms with Crippen molar-refractivity contribution in [3.8, 4) is 11.5 Å². The molecule has 0 unspecified atom stereocenters. The molecule has 6 heteroatoms. The number of anilines is 1. The summed E-state index contributed by atoms with van der Waals surface area (Å²) in [5, 5.41) is 12.7. The largest absolute Gasteiger partial charge is 0.441 e. The first-order valence-electron chi connectivity index (χ1n) is 7.59. The number of likely N-dealkylation sites (N-methyl/N-ethyl adjacent to an activating group) is 1. The molecule has 1 aromatic heterocycles. The average molecular weight is 317 g/mol. The van der Waals surface area contributed by atoms with E-state index in [1.54, 1.807) is 37.1 Å². The zero-order valence-corrected chi connectivity index (χ0v) is 14.0. The lowest BCUT2D eigenvalue weighted by atomic mass is 10.1. The summed E-state index contributed by atoms with van der Waals surface area (Å²) in [5.74, 6) is 1.25. The van der Waals surface area contributed by atoms with Crippen molar-refractivity contribution in [1.29, 1.82) is 0 Å². The molecule has 0 aliphatic carbocycles. The number of amides is 2. The fraction of sp³-hybridized carbons (Fsp3) is 0.412. The Morgan fingerprint density at radius 3 is 2.74 bits per heavy atom. The Balaban J connectivity index is 2.12. The SMILES string of the molecule is CCN(CC(C)(C)O)C(=O)Nc1cccc(-c2ncc(C)o2)c1. The van der Waals surface area contributed by atoms with Crippen LogP contribution < -0.4 is 5.32 Å². The van der Waals surface area contributed by atoms with Crippen molar-refractivity contribution in [3.05, 3.63) is 36.2 Å². The first-order chi connectivity index (χ1) is 10.8. The van der Waals surface area contributed by atoms with Crippen LogP contribution in [0.5, 0.6) is 0 Å². The molecule has 1 heterocycles. The third-order valence-corrected chi connectivity index (χ3v) is 3.23. The number of hydrogen-bond donors (Lipinski definition) is 2. The van der Waals surface area contributed by atoms with Crippen molar-refractivity contribution in [2.24, 2.45) is 0 Å². The molecular weight excluding hydrogens is 294 g/mol. The highest BCUT2D eigenvalue weighted by atomic mass is 16.4. The molecule has 0 spiro atoms. The normalized spacial score (nSPS) is 11.3. The lowest BCUT2D eigenvalue weighted by Gasteiger charge is -2.28. The summed E-state index contributed by atoms with van der Waals surface area (Å²) in [7, 11) is 0. The van der Waals surface area contributed by atoms with Gasteiger partial charge in [0.25, 0.3) is 0 Å². The number of nitrogens with one attached hydrogen (secondary N) is 1. The van der Waals surface area contributed by atoms with Gasteiger partial charge in [0.2, 0.25) is 5.89 Å². The number of aryl methyl sites for hydroxylation is 1. The van der Waals surface area contributed by atoms with Crippen LogP contribution in [0.15, 0.2) is 34.9 Å². The van der Waals surface area contributed by atoms with E-state index in [1.165, 1.54) is 0 Å². The summed E-state index contributed by atoms with van der Waals surface area (Å²) in [6.07, 6.45) is 1.66. The van der Waals surface area contributed by atoms with Crippen LogP contribution in [-0.4, -0.2) is 39.7 Å². The number of carbonyl (C=O) groups excluding carboxylic acids is 1. The fourth-order valence-electron chi connectivity index (χ4n) is 2.21. The van der Waals surface area contributed by atoms with Crippen LogP contribution in [0.2, 0.25) is 0 Å². The van der Waals surface area contributed by atoms with Crippen LogP contribution in [-0.2, 0) is 0 Å². The Kier molecular flexibility index (Phi) is 5.05. The van der Waals surface area contributed by atoms with Crippen molar-refractivity contribution < 1.29 is 14.3 Å². The average Bonchev–Trinajstić information content (AvgIpc) is 2.90. The lowest BCUT2D eigenvalue weighted by Crippen LogP contribution is -2.44. The van der Waals surface area contributed by atoms with Gasteiger partial charge in [0.05, 0.1) is 18.3 Å². The molecule has 0 aliphatic heterocycles. The van der Waals surface area contributed by atoms with E-state index in [1.807, 2.05) is 26.0 Å². The van der Waals surface area contributed by atoms with Crippen LogP contribution in [0.4, 0.5) is 10.5 Å². The predicted molar refractivity (Wildman–Crippen MR) is 89.2 cm³/mol. The Hall–Kier alpha value is -2.34. The minimum Gasteiger partial charge on any atom is -0.441 e. The molecule has 124 valence electrons. The number of aromatic nitrogens is 1. The molecule has 0 fully saturated rings. The van der Waals surface area contributed by atoms with E-state index in [2.05, 4.69) is 10.3 Å². The quantitative estimate of drug-likeness (QED) is 0.887. The van der Waals surface area contributed by atoms with Gasteiger partial charge in [-0.25, -0.2) is 9.78 Å². The smallest absolute Gasteiger partial charge is 0.321 e. The van der Waals surface area contributed by atoms with Crippen molar-refractivity contribution in [1.82, 2.24) is 9.88 Å². The molecule has 0 atom stereocenters. The second kappa shape index (κ2) is 6.83. The molecule has 1 aromatic carbocycles. The third kappa shape index (κ3) is 4.82. The van der Waals surface area contributed by atoms with Crippen molar-refractivity contribution in [3.63, 3.8) is 0 Å². The predicted octanol–water partition coefficient (Wildman–Crippen LogP) is 3.27. The van der Waals surface area contributed by atoms with Gasteiger partial charge in [0.15, 0.2) is 0 Å². The highest BCUT2D eigenvalue weighted by Gasteiger charge is 2.21. The topological polar surface area (TPSA) is 78.6 Å². The zero-order chi connectivity index (χ0) is 17.0. The molecule has 23 heavy (non-hydrogen) atoms. The maximum atomic E-state index is 12.3. The van der Waals surface area contributed by atoms with E-state index in [9.17, 15) is 9.90 Å². The number of urea groups is 1. The highest BCUT2D eigenvalue weighted by Crippen LogP contribution is 2.22. The zero-order valence-electron chi connectivity index (χ0n) is 14.0. The van der Waals surface area contributed by atoms with Crippen molar-refractivity contribution >= 4 is 11.7 Å². The van der Waals surface area contributed by atoms with E-state index in [4.69, 9.17) is 4.42 Å². The number of hydrogen-bond acceptors (Lipinski definition) is 4. The summed E-state index contributed by atoms with van der Waals surface area (Å²) in [6.45, 7) is 7.82. The minimum atomic E-state index is -0.940. The van der Waals surface area contributed by atoms with Crippen molar-refractivity contribution in [2.45, 2.75) is 33.3 Å². The number of nitrogens with zero attached hydrogens (tertiary/aromatic N) is 2. The minimum absolute atomic E-state index is 0.254. The number of oxazole rings is 1. The highest BCUT2D eigenvalue weighted by molar-refractivity contribution is 5.90. The maximum Gasteiger partial charge on any atom is 0.321 e. The van der Waals surface area contributed by atoms with Gasteiger partial charge in [-0.05, 0) is 45.9 Å². The standard InChI is InChI=1S/C17H23N3O3/c1-5-20(11-17(3,4)22)16(21)19-14-8-6-7-13(9-14)15-18-10-12(2)23-15/h6-10,22H,5,11H2,1-4H3,(H,19,21). The van der Waals surface area contributed by atoms with Crippen LogP contribution in [0, 0.1) is 6.92 Å². The van der Waals surface area contributed by atoms with Crippen LogP contribution in [0.1, 0.15) is 26.5 Å². The number of rotatable bonds is 5. The Morgan fingerprint density at radius 1 is 1.43 bits per heavy atom. The molecule has 6 nitrogen and oxygen atoms in total. The lowest BCUT2D eigenvalue weighted by molar-refractivity contribution is 0.0501. The van der Waals surface area contributed by atoms with E-state index in [-0.39, 0.29) is 12.6 Å². The van der Waals surface area contributed by atoms with E-state index in [0.717, 1.165) is 11.3 Å². The van der Waals surface area contributed by atoms with E-state index < -0.39 is 5.60 Å². The maximum absolute atomic E-state index is 12.3. The first-order valence-corrected chi connectivity index (χ1v) is 7.59. The number of benzene rings is 1. The molecule has 0 saturated carbocycles. The van der Waals surface area contributed by atoms with Crippen molar-refractivity contribution in [2.75, 3.05) is 18.4 Å². The van der Waals surface area contributed by atoms with Crippen LogP contribution in [0.25, 0.3) is 11.5 Å². The van der Waals surface area contributed by atoms with Crippen LogP contribution >= 0.6 is 0 Å². The van der Waals surface area contributed by atoms with Gasteiger partial charge in [-0.2, -0.15) is 0 Å². The summed E-state index contributed by atoms with van der Waals surface area (Å²) in [4.78, 5) is 18.1. The molecule has 2 rings (SSSR count). The molecule has 2 amide bonds. The second-order valence-electron chi connectivity index (χ2n) is 6.11. The van der Waals surface area contributed by atoms with Gasteiger partial charge in [-0.15, -0.1) is 0 Å². The Labute approximate surface area is 136 Å². The molecule has 0 radical (unpaired) electrons. The van der Waals surface area contributed by atoms with Gasteiger partial charge >= 0.3 is 6.03 Å². The Bertz CT molecular complexity index is 674. The summed E-state index contributed by atoms with van der Waals surface area (Å²) >= 11 is 0. The molecule has 2 aromatic rings. The first kappa shape index (κ1) is 17.0. The molecule has 0 aliphatic rings. The van der Waals surface area contributed by atoms with Gasteiger partial charge in [-0.1, -0.05) is 6.07 Å². The molecular formula is C17H23N3O3. The molecule has 0 bridgehead atoms. The van der Waals surface area contributed by atoms with Gasteiger partial charge in [-0.3, -0.25) is 0 Å². The molecule has 2 N–H and O–H groups in total. The van der Waals surface area contributed by atoms with Gasteiger partial charge in [0.1, 0.15) is 5.76 Å². The number of aliphatic hydroxyl groups is 1. The van der Waals surface area contributed by atoms with Gasteiger partial charge in [0, 0.05) is 17.8 Å². The Morgan fingerprint density at radius 2 is 2.17 bits per heavy atom. The van der Waals surface area contributed by atoms with E-state index >= 15 is 0 Å². The summed E-state index contributed by atoms with van der Waals surface area (Å²) in [6, 6.07) is 7.05. The van der Waals surface area contributed by atoms with Gasteiger partial charge < -0.3 is 19.7 Å². The monoisotopic (exact) mass is 317 g/mol.